The maximum Gasteiger partial charge on any atom is 0.206 e. The van der Waals surface area contributed by atoms with Crippen molar-refractivity contribution in [1.29, 1.82) is 0 Å². The lowest BCUT2D eigenvalue weighted by molar-refractivity contribution is 0.544. The van der Waals surface area contributed by atoms with Gasteiger partial charge in [-0.05, 0) is 25.0 Å². The van der Waals surface area contributed by atoms with Crippen molar-refractivity contribution >= 4 is 16.5 Å². The van der Waals surface area contributed by atoms with Crippen LogP contribution in [0.25, 0.3) is 0 Å². The molecule has 1 unspecified atom stereocenters. The van der Waals surface area contributed by atoms with E-state index in [1.54, 1.807) is 6.92 Å². The second-order valence-electron chi connectivity index (χ2n) is 5.10. The standard InChI is InChI=1S/C14H17F2N3S/c1-8(2)7-12-18-19-14(20-12)17-9(3)13-10(15)5-4-6-11(13)16/h4-6,8-9H,7H2,1-3H3,(H,17,19). The zero-order chi connectivity index (χ0) is 14.7. The third-order valence-electron chi connectivity index (χ3n) is 2.82. The minimum atomic E-state index is -0.558. The Morgan fingerprint density at radius 3 is 2.40 bits per heavy atom. The summed E-state index contributed by atoms with van der Waals surface area (Å²) in [5.74, 6) is -0.619. The molecule has 0 aliphatic heterocycles. The topological polar surface area (TPSA) is 37.8 Å². The molecule has 108 valence electrons. The van der Waals surface area contributed by atoms with Crippen LogP contribution in [0.3, 0.4) is 0 Å². The normalized spacial score (nSPS) is 12.7. The highest BCUT2D eigenvalue weighted by atomic mass is 32.1. The molecular formula is C14H17F2N3S. The highest BCUT2D eigenvalue weighted by molar-refractivity contribution is 7.15. The minimum absolute atomic E-state index is 0.0214. The first-order chi connectivity index (χ1) is 9.47. The summed E-state index contributed by atoms with van der Waals surface area (Å²) >= 11 is 1.42. The largest absolute Gasteiger partial charge is 0.353 e. The van der Waals surface area contributed by atoms with Crippen molar-refractivity contribution < 1.29 is 8.78 Å². The molecule has 2 aromatic rings. The fraction of sp³-hybridized carbons (Fsp3) is 0.429. The average molecular weight is 297 g/mol. The summed E-state index contributed by atoms with van der Waals surface area (Å²) in [6.45, 7) is 5.91. The number of halogens is 2. The molecule has 0 aliphatic rings. The Bertz CT molecular complexity index is 563. The van der Waals surface area contributed by atoms with Gasteiger partial charge < -0.3 is 5.32 Å². The van der Waals surface area contributed by atoms with Crippen LogP contribution < -0.4 is 5.32 Å². The van der Waals surface area contributed by atoms with E-state index in [1.165, 1.54) is 29.5 Å². The summed E-state index contributed by atoms with van der Waals surface area (Å²) in [5.41, 5.74) is 0.0214. The summed E-state index contributed by atoms with van der Waals surface area (Å²) < 4.78 is 27.3. The van der Waals surface area contributed by atoms with Gasteiger partial charge in [0.05, 0.1) is 6.04 Å². The van der Waals surface area contributed by atoms with Gasteiger partial charge >= 0.3 is 0 Å². The average Bonchev–Trinajstić information content (AvgIpc) is 2.75. The van der Waals surface area contributed by atoms with E-state index >= 15 is 0 Å². The van der Waals surface area contributed by atoms with Gasteiger partial charge in [0.15, 0.2) is 0 Å². The first-order valence-corrected chi connectivity index (χ1v) is 7.32. The van der Waals surface area contributed by atoms with E-state index < -0.39 is 17.7 Å². The van der Waals surface area contributed by atoms with Crippen LogP contribution in [0.15, 0.2) is 18.2 Å². The molecule has 0 saturated heterocycles. The molecule has 1 atom stereocenters. The molecule has 20 heavy (non-hydrogen) atoms. The highest BCUT2D eigenvalue weighted by Gasteiger charge is 2.17. The summed E-state index contributed by atoms with van der Waals surface area (Å²) in [5, 5.41) is 12.6. The van der Waals surface area contributed by atoms with Crippen LogP contribution in [-0.4, -0.2) is 10.2 Å². The van der Waals surface area contributed by atoms with E-state index in [9.17, 15) is 8.78 Å². The van der Waals surface area contributed by atoms with Gasteiger partial charge in [-0.2, -0.15) is 0 Å². The van der Waals surface area contributed by atoms with Crippen LogP contribution in [-0.2, 0) is 6.42 Å². The van der Waals surface area contributed by atoms with E-state index in [4.69, 9.17) is 0 Å². The number of hydrogen-bond donors (Lipinski definition) is 1. The third-order valence-corrected chi connectivity index (χ3v) is 3.70. The maximum atomic E-state index is 13.7. The van der Waals surface area contributed by atoms with Gasteiger partial charge in [-0.15, -0.1) is 10.2 Å². The Morgan fingerprint density at radius 1 is 1.15 bits per heavy atom. The molecule has 1 N–H and O–H groups in total. The molecule has 1 aromatic heterocycles. The maximum absolute atomic E-state index is 13.7. The molecule has 3 nitrogen and oxygen atoms in total. The fourth-order valence-corrected chi connectivity index (χ4v) is 2.96. The van der Waals surface area contributed by atoms with Gasteiger partial charge in [0.1, 0.15) is 16.6 Å². The highest BCUT2D eigenvalue weighted by Crippen LogP contribution is 2.26. The van der Waals surface area contributed by atoms with Crippen molar-refractivity contribution in [3.63, 3.8) is 0 Å². The van der Waals surface area contributed by atoms with Gasteiger partial charge in [-0.25, -0.2) is 8.78 Å². The molecule has 0 aliphatic carbocycles. The third kappa shape index (κ3) is 3.50. The quantitative estimate of drug-likeness (QED) is 0.899. The fourth-order valence-electron chi connectivity index (χ4n) is 1.93. The molecule has 1 aromatic carbocycles. The molecule has 0 amide bonds. The minimum Gasteiger partial charge on any atom is -0.353 e. The van der Waals surface area contributed by atoms with Gasteiger partial charge in [0.2, 0.25) is 5.13 Å². The number of aromatic nitrogens is 2. The Morgan fingerprint density at radius 2 is 1.80 bits per heavy atom. The van der Waals surface area contributed by atoms with Gasteiger partial charge in [-0.3, -0.25) is 0 Å². The molecule has 2 rings (SSSR count). The SMILES string of the molecule is CC(C)Cc1nnc(NC(C)c2c(F)cccc2F)s1. The molecule has 0 radical (unpaired) electrons. The van der Waals surface area contributed by atoms with Crippen LogP contribution >= 0.6 is 11.3 Å². The van der Waals surface area contributed by atoms with E-state index in [1.807, 2.05) is 0 Å². The Hall–Kier alpha value is -1.56. The number of nitrogens with one attached hydrogen (secondary N) is 1. The first-order valence-electron chi connectivity index (χ1n) is 6.50. The lowest BCUT2D eigenvalue weighted by atomic mass is 10.1. The molecule has 0 spiro atoms. The van der Waals surface area contributed by atoms with Crippen LogP contribution in [0.2, 0.25) is 0 Å². The van der Waals surface area contributed by atoms with Gasteiger partial charge in [0, 0.05) is 12.0 Å². The van der Waals surface area contributed by atoms with E-state index in [2.05, 4.69) is 29.4 Å². The van der Waals surface area contributed by atoms with Crippen molar-refractivity contribution in [1.82, 2.24) is 10.2 Å². The van der Waals surface area contributed by atoms with Gasteiger partial charge in [0.25, 0.3) is 0 Å². The number of anilines is 1. The first kappa shape index (κ1) is 14.8. The van der Waals surface area contributed by atoms with Crippen molar-refractivity contribution in [2.75, 3.05) is 5.32 Å². The second-order valence-corrected chi connectivity index (χ2v) is 6.16. The predicted molar refractivity (Wildman–Crippen MR) is 76.8 cm³/mol. The van der Waals surface area contributed by atoms with Crippen molar-refractivity contribution in [3.8, 4) is 0 Å². The smallest absolute Gasteiger partial charge is 0.206 e. The predicted octanol–water partition coefficient (Wildman–Crippen LogP) is 4.19. The molecular weight excluding hydrogens is 280 g/mol. The molecule has 1 heterocycles. The van der Waals surface area contributed by atoms with E-state index in [0.29, 0.717) is 11.0 Å². The zero-order valence-corrected chi connectivity index (χ0v) is 12.5. The lowest BCUT2D eigenvalue weighted by Gasteiger charge is -2.14. The molecule has 0 bridgehead atoms. The van der Waals surface area contributed by atoms with Crippen LogP contribution in [0, 0.1) is 17.6 Å². The van der Waals surface area contributed by atoms with Crippen molar-refractivity contribution in [2.45, 2.75) is 33.2 Å². The molecule has 0 saturated carbocycles. The Labute approximate surface area is 121 Å². The summed E-state index contributed by atoms with van der Waals surface area (Å²) in [6, 6.07) is 3.35. The van der Waals surface area contributed by atoms with Crippen LogP contribution in [0.1, 0.15) is 37.4 Å². The summed E-state index contributed by atoms with van der Waals surface area (Å²) in [6.07, 6.45) is 0.849. The van der Waals surface area contributed by atoms with Crippen LogP contribution in [0.5, 0.6) is 0 Å². The lowest BCUT2D eigenvalue weighted by Crippen LogP contribution is -2.10. The summed E-state index contributed by atoms with van der Waals surface area (Å²) in [7, 11) is 0. The molecule has 6 heteroatoms. The monoisotopic (exact) mass is 297 g/mol. The Balaban J connectivity index is 2.11. The number of benzene rings is 1. The zero-order valence-electron chi connectivity index (χ0n) is 11.7. The molecule has 0 fully saturated rings. The number of nitrogens with zero attached hydrogens (tertiary/aromatic N) is 2. The van der Waals surface area contributed by atoms with Crippen LogP contribution in [0.4, 0.5) is 13.9 Å². The van der Waals surface area contributed by atoms with Crippen molar-refractivity contribution in [3.05, 3.63) is 40.4 Å². The Kier molecular flexibility index (Phi) is 4.65. The number of hydrogen-bond acceptors (Lipinski definition) is 4. The van der Waals surface area contributed by atoms with Gasteiger partial charge in [-0.1, -0.05) is 31.3 Å². The summed E-state index contributed by atoms with van der Waals surface area (Å²) in [4.78, 5) is 0. The van der Waals surface area contributed by atoms with Crippen molar-refractivity contribution in [2.24, 2.45) is 5.92 Å². The van der Waals surface area contributed by atoms with E-state index in [0.717, 1.165) is 11.4 Å². The number of rotatable bonds is 5. The van der Waals surface area contributed by atoms with E-state index in [-0.39, 0.29) is 5.56 Å². The second kappa shape index (κ2) is 6.26.